The molecule has 2 atom stereocenters. The third-order valence-electron chi connectivity index (χ3n) is 5.93. The van der Waals surface area contributed by atoms with Crippen molar-refractivity contribution in [2.24, 2.45) is 0 Å². The van der Waals surface area contributed by atoms with Crippen molar-refractivity contribution < 1.29 is 9.53 Å². The Hall–Kier alpha value is -3.56. The molecule has 4 aromatic rings. The van der Waals surface area contributed by atoms with E-state index in [1.165, 1.54) is 0 Å². The molecule has 2 aromatic heterocycles. The van der Waals surface area contributed by atoms with E-state index < -0.39 is 0 Å². The Morgan fingerprint density at radius 1 is 1.18 bits per heavy atom. The summed E-state index contributed by atoms with van der Waals surface area (Å²) in [7, 11) is 0. The second-order valence-electron chi connectivity index (χ2n) is 8.47. The highest BCUT2D eigenvalue weighted by molar-refractivity contribution is 7.08. The number of hydrogen-bond donors (Lipinski definition) is 3. The molecule has 2 unspecified atom stereocenters. The lowest BCUT2D eigenvalue weighted by Gasteiger charge is -2.29. The largest absolute Gasteiger partial charge is 0.489 e. The molecule has 0 bridgehead atoms. The summed E-state index contributed by atoms with van der Waals surface area (Å²) in [6.07, 6.45) is 0.736. The van der Waals surface area contributed by atoms with Crippen LogP contribution in [0.1, 0.15) is 39.0 Å². The van der Waals surface area contributed by atoms with Gasteiger partial charge in [-0.05, 0) is 49.7 Å². The number of aromatic amines is 1. The van der Waals surface area contributed by atoms with Gasteiger partial charge in [0.15, 0.2) is 0 Å². The van der Waals surface area contributed by atoms with Crippen molar-refractivity contribution in [1.29, 1.82) is 0 Å². The molecule has 1 fully saturated rings. The topological polar surface area (TPSA) is 109 Å². The van der Waals surface area contributed by atoms with Crippen LogP contribution in [0.25, 0.3) is 10.9 Å². The smallest absolute Gasteiger partial charge is 0.322 e. The van der Waals surface area contributed by atoms with Gasteiger partial charge in [0.2, 0.25) is 0 Å². The summed E-state index contributed by atoms with van der Waals surface area (Å²) in [4.78, 5) is 28.6. The number of para-hydroxylation sites is 1. The van der Waals surface area contributed by atoms with E-state index >= 15 is 0 Å². The van der Waals surface area contributed by atoms with Gasteiger partial charge in [0.1, 0.15) is 17.4 Å². The quantitative estimate of drug-likeness (QED) is 0.395. The predicted molar refractivity (Wildman–Crippen MR) is 131 cm³/mol. The summed E-state index contributed by atoms with van der Waals surface area (Å²) in [6, 6.07) is 17.2. The van der Waals surface area contributed by atoms with Crippen LogP contribution in [0.5, 0.6) is 5.75 Å². The Balaban J connectivity index is 1.20. The molecule has 1 amide bonds. The van der Waals surface area contributed by atoms with Gasteiger partial charge in [-0.2, -0.15) is 5.10 Å². The molecule has 174 valence electrons. The number of fused-ring (bicyclic) bond motifs is 1. The Kier molecular flexibility index (Phi) is 6.37. The molecule has 3 N–H and O–H groups in total. The maximum atomic E-state index is 12.8. The van der Waals surface area contributed by atoms with E-state index in [2.05, 4.69) is 25.8 Å². The van der Waals surface area contributed by atoms with Crippen LogP contribution in [0.3, 0.4) is 0 Å². The van der Waals surface area contributed by atoms with Crippen LogP contribution in [0.15, 0.2) is 59.4 Å². The van der Waals surface area contributed by atoms with E-state index in [1.807, 2.05) is 49.4 Å². The minimum absolute atomic E-state index is 0.0376. The number of benzene rings is 2. The molecule has 1 saturated heterocycles. The lowest BCUT2D eigenvalue weighted by molar-refractivity contribution is 0.0928. The number of carbonyl (C=O) groups excluding carboxylic acids is 1. The van der Waals surface area contributed by atoms with E-state index in [-0.39, 0.29) is 22.7 Å². The molecule has 0 radical (unpaired) electrons. The first-order valence-corrected chi connectivity index (χ1v) is 12.0. The fourth-order valence-electron chi connectivity index (χ4n) is 4.30. The Bertz CT molecular complexity index is 1360. The summed E-state index contributed by atoms with van der Waals surface area (Å²) < 4.78 is 6.00. The third kappa shape index (κ3) is 5.00. The molecule has 9 heteroatoms. The van der Waals surface area contributed by atoms with Gasteiger partial charge in [-0.3, -0.25) is 14.6 Å². The van der Waals surface area contributed by atoms with Crippen LogP contribution in [0.4, 0.5) is 0 Å². The van der Waals surface area contributed by atoms with Crippen molar-refractivity contribution in [2.45, 2.75) is 31.9 Å². The van der Waals surface area contributed by atoms with Crippen LogP contribution in [-0.4, -0.2) is 40.2 Å². The van der Waals surface area contributed by atoms with Gasteiger partial charge >= 0.3 is 4.87 Å². The van der Waals surface area contributed by atoms with Gasteiger partial charge in [0.05, 0.1) is 5.52 Å². The molecule has 0 aliphatic carbocycles. The molecule has 34 heavy (non-hydrogen) atoms. The molecule has 0 saturated carbocycles. The van der Waals surface area contributed by atoms with E-state index in [9.17, 15) is 9.59 Å². The van der Waals surface area contributed by atoms with Crippen LogP contribution in [0.2, 0.25) is 0 Å². The van der Waals surface area contributed by atoms with Gasteiger partial charge in [0.25, 0.3) is 5.91 Å². The van der Waals surface area contributed by atoms with Crippen molar-refractivity contribution in [1.82, 2.24) is 25.8 Å². The van der Waals surface area contributed by atoms with Crippen molar-refractivity contribution in [3.63, 3.8) is 0 Å². The number of carbonyl (C=O) groups is 1. The molecule has 0 spiro atoms. The number of pyridine rings is 1. The van der Waals surface area contributed by atoms with Crippen LogP contribution in [-0.2, 0) is 6.61 Å². The van der Waals surface area contributed by atoms with Crippen molar-refractivity contribution >= 4 is 28.1 Å². The van der Waals surface area contributed by atoms with Crippen LogP contribution >= 0.6 is 11.3 Å². The zero-order valence-corrected chi connectivity index (χ0v) is 19.5. The maximum absolute atomic E-state index is 12.8. The standard InChI is InChI=1S/C25H25N5O3S/c1-15-10-18(21-4-2-3-5-22(21)27-15)14-33-20-8-6-16(7-9-20)23(31)28-19-11-17(12-26-13-19)24-29-30-25(32)34-24/h2-10,17,19,26H,11-14H2,1H3,(H,28,31)(H,30,32). The number of piperidine rings is 1. The third-order valence-corrected chi connectivity index (χ3v) is 6.84. The van der Waals surface area contributed by atoms with Gasteiger partial charge in [-0.1, -0.05) is 29.5 Å². The molecule has 5 rings (SSSR count). The molecular formula is C25H25N5O3S. The summed E-state index contributed by atoms with van der Waals surface area (Å²) in [5, 5.41) is 14.8. The number of amides is 1. The first kappa shape index (κ1) is 22.2. The molecule has 1 aliphatic heterocycles. The number of hydrogen-bond acceptors (Lipinski definition) is 7. The molecule has 1 aliphatic rings. The summed E-state index contributed by atoms with van der Waals surface area (Å²) in [6.45, 7) is 3.82. The monoisotopic (exact) mass is 475 g/mol. The highest BCUT2D eigenvalue weighted by Crippen LogP contribution is 2.24. The van der Waals surface area contributed by atoms with Crippen molar-refractivity contribution in [3.05, 3.63) is 86.1 Å². The number of aryl methyl sites for hydroxylation is 1. The predicted octanol–water partition coefficient (Wildman–Crippen LogP) is 3.14. The highest BCUT2D eigenvalue weighted by Gasteiger charge is 2.26. The first-order valence-electron chi connectivity index (χ1n) is 11.2. The van der Waals surface area contributed by atoms with Crippen LogP contribution in [0, 0.1) is 6.92 Å². The molecule has 8 nitrogen and oxygen atoms in total. The van der Waals surface area contributed by atoms with Gasteiger partial charge < -0.3 is 15.4 Å². The summed E-state index contributed by atoms with van der Waals surface area (Å²) >= 11 is 1.13. The number of nitrogens with zero attached hydrogens (tertiary/aromatic N) is 2. The zero-order chi connectivity index (χ0) is 23.5. The van der Waals surface area contributed by atoms with Crippen molar-refractivity contribution in [3.8, 4) is 5.75 Å². The molecule has 2 aromatic carbocycles. The normalized spacial score (nSPS) is 18.0. The second-order valence-corrected chi connectivity index (χ2v) is 9.46. The fraction of sp³-hybridized carbons (Fsp3) is 0.280. The number of rotatable bonds is 6. The SMILES string of the molecule is Cc1cc(COc2ccc(C(=O)NC3CNCC(c4n[nH]c(=O)s4)C3)cc2)c2ccccc2n1. The maximum Gasteiger partial charge on any atom is 0.322 e. The summed E-state index contributed by atoms with van der Waals surface area (Å²) in [5.74, 6) is 0.666. The average molecular weight is 476 g/mol. The number of H-pyrrole nitrogens is 1. The first-order chi connectivity index (χ1) is 16.5. The van der Waals surface area contributed by atoms with Gasteiger partial charge in [-0.25, -0.2) is 5.10 Å². The van der Waals surface area contributed by atoms with Gasteiger partial charge in [-0.15, -0.1) is 0 Å². The number of ether oxygens (including phenoxy) is 1. The number of nitrogens with one attached hydrogen (secondary N) is 3. The average Bonchev–Trinajstić information content (AvgIpc) is 3.29. The van der Waals surface area contributed by atoms with E-state index in [0.29, 0.717) is 24.5 Å². The molecular weight excluding hydrogens is 450 g/mol. The Morgan fingerprint density at radius 2 is 2.00 bits per heavy atom. The minimum atomic E-state index is -0.157. The van der Waals surface area contributed by atoms with E-state index in [0.717, 1.165) is 51.5 Å². The lowest BCUT2D eigenvalue weighted by Crippen LogP contribution is -2.48. The van der Waals surface area contributed by atoms with Crippen LogP contribution < -0.4 is 20.2 Å². The van der Waals surface area contributed by atoms with E-state index in [4.69, 9.17) is 4.74 Å². The molecule has 3 heterocycles. The minimum Gasteiger partial charge on any atom is -0.489 e. The second kappa shape index (κ2) is 9.74. The summed E-state index contributed by atoms with van der Waals surface area (Å²) in [5.41, 5.74) is 3.55. The number of aromatic nitrogens is 3. The highest BCUT2D eigenvalue weighted by atomic mass is 32.1. The Morgan fingerprint density at radius 3 is 2.79 bits per heavy atom. The lowest BCUT2D eigenvalue weighted by atomic mass is 9.96. The van der Waals surface area contributed by atoms with Gasteiger partial charge in [0, 0.05) is 47.3 Å². The van der Waals surface area contributed by atoms with E-state index in [1.54, 1.807) is 12.1 Å². The van der Waals surface area contributed by atoms with Crippen molar-refractivity contribution in [2.75, 3.05) is 13.1 Å². The fourth-order valence-corrected chi connectivity index (χ4v) is 5.02. The zero-order valence-electron chi connectivity index (χ0n) is 18.7. The Labute approximate surface area is 200 Å².